The van der Waals surface area contributed by atoms with Crippen molar-refractivity contribution >= 4 is 40.4 Å². The van der Waals surface area contributed by atoms with Gasteiger partial charge in [-0.25, -0.2) is 4.98 Å². The Labute approximate surface area is 126 Å². The standard InChI is InChI=1S/C14H15N3OS2/c1-8-14(20-7-15-8)9(2)16-10-3-4-12-11(5-10)17-13(18)6-19-12/h3-5,7,9,16H,6H2,1-2H3,(H,17,18). The number of amides is 1. The molecule has 2 heterocycles. The third kappa shape index (κ3) is 2.66. The fourth-order valence-corrected chi connectivity index (χ4v) is 3.81. The van der Waals surface area contributed by atoms with E-state index < -0.39 is 0 Å². The molecule has 0 bridgehead atoms. The summed E-state index contributed by atoms with van der Waals surface area (Å²) in [6.07, 6.45) is 0. The van der Waals surface area contributed by atoms with Crippen LogP contribution in [0.25, 0.3) is 0 Å². The lowest BCUT2D eigenvalue weighted by molar-refractivity contribution is -0.113. The second-order valence-corrected chi connectivity index (χ2v) is 6.62. The minimum atomic E-state index is 0.0611. The van der Waals surface area contributed by atoms with Gasteiger partial charge in [0.15, 0.2) is 0 Å². The molecule has 0 radical (unpaired) electrons. The first-order valence-electron chi connectivity index (χ1n) is 6.36. The quantitative estimate of drug-likeness (QED) is 0.908. The second-order valence-electron chi connectivity index (χ2n) is 4.72. The van der Waals surface area contributed by atoms with Crippen LogP contribution in [0.15, 0.2) is 28.6 Å². The number of hydrogen-bond acceptors (Lipinski definition) is 5. The molecule has 0 spiro atoms. The Kier molecular flexibility index (Phi) is 3.67. The van der Waals surface area contributed by atoms with E-state index >= 15 is 0 Å². The van der Waals surface area contributed by atoms with Crippen molar-refractivity contribution in [2.24, 2.45) is 0 Å². The van der Waals surface area contributed by atoms with Crippen LogP contribution < -0.4 is 10.6 Å². The molecule has 0 saturated carbocycles. The Balaban J connectivity index is 1.80. The number of fused-ring (bicyclic) bond motifs is 1. The average Bonchev–Trinajstić information content (AvgIpc) is 2.84. The van der Waals surface area contributed by atoms with Gasteiger partial charge in [0.05, 0.1) is 28.7 Å². The number of rotatable bonds is 3. The highest BCUT2D eigenvalue weighted by atomic mass is 32.2. The van der Waals surface area contributed by atoms with Crippen molar-refractivity contribution in [2.45, 2.75) is 24.8 Å². The van der Waals surface area contributed by atoms with Gasteiger partial charge < -0.3 is 10.6 Å². The van der Waals surface area contributed by atoms with Crippen molar-refractivity contribution in [1.29, 1.82) is 0 Å². The van der Waals surface area contributed by atoms with E-state index in [1.165, 1.54) is 4.88 Å². The molecule has 104 valence electrons. The van der Waals surface area contributed by atoms with Gasteiger partial charge in [-0.1, -0.05) is 0 Å². The van der Waals surface area contributed by atoms with Crippen molar-refractivity contribution in [1.82, 2.24) is 4.98 Å². The van der Waals surface area contributed by atoms with E-state index in [1.54, 1.807) is 23.1 Å². The molecule has 1 aromatic heterocycles. The molecule has 0 aliphatic carbocycles. The molecular formula is C14H15N3OS2. The highest BCUT2D eigenvalue weighted by molar-refractivity contribution is 8.00. The molecule has 0 fully saturated rings. The molecule has 20 heavy (non-hydrogen) atoms. The molecular weight excluding hydrogens is 290 g/mol. The summed E-state index contributed by atoms with van der Waals surface area (Å²) in [7, 11) is 0. The number of nitrogens with zero attached hydrogens (tertiary/aromatic N) is 1. The predicted molar refractivity (Wildman–Crippen MR) is 84.7 cm³/mol. The van der Waals surface area contributed by atoms with Crippen LogP contribution in [0.2, 0.25) is 0 Å². The number of nitrogens with one attached hydrogen (secondary N) is 2. The van der Waals surface area contributed by atoms with Crippen LogP contribution in [0.1, 0.15) is 23.5 Å². The minimum absolute atomic E-state index is 0.0611. The van der Waals surface area contributed by atoms with E-state index in [4.69, 9.17) is 0 Å². The zero-order valence-corrected chi connectivity index (χ0v) is 12.9. The SMILES string of the molecule is Cc1ncsc1C(C)Nc1ccc2c(c1)NC(=O)CS2. The Morgan fingerprint density at radius 1 is 1.45 bits per heavy atom. The van der Waals surface area contributed by atoms with E-state index in [-0.39, 0.29) is 11.9 Å². The molecule has 6 heteroatoms. The zero-order valence-electron chi connectivity index (χ0n) is 11.3. The van der Waals surface area contributed by atoms with Gasteiger partial charge in [0.1, 0.15) is 0 Å². The number of carbonyl (C=O) groups is 1. The van der Waals surface area contributed by atoms with Gasteiger partial charge in [0, 0.05) is 15.5 Å². The summed E-state index contributed by atoms with van der Waals surface area (Å²) in [6.45, 7) is 4.14. The number of aromatic nitrogens is 1. The largest absolute Gasteiger partial charge is 0.378 e. The lowest BCUT2D eigenvalue weighted by Crippen LogP contribution is -2.18. The summed E-state index contributed by atoms with van der Waals surface area (Å²) in [5, 5.41) is 6.37. The number of hydrogen-bond donors (Lipinski definition) is 2. The number of anilines is 2. The topological polar surface area (TPSA) is 54.0 Å². The summed E-state index contributed by atoms with van der Waals surface area (Å²) in [4.78, 5) is 18.1. The molecule has 1 atom stereocenters. The lowest BCUT2D eigenvalue weighted by Gasteiger charge is -2.19. The van der Waals surface area contributed by atoms with Gasteiger partial charge in [-0.15, -0.1) is 23.1 Å². The van der Waals surface area contributed by atoms with Crippen molar-refractivity contribution in [3.05, 3.63) is 34.3 Å². The van der Waals surface area contributed by atoms with Gasteiger partial charge in [-0.2, -0.15) is 0 Å². The van der Waals surface area contributed by atoms with Gasteiger partial charge >= 0.3 is 0 Å². The first kappa shape index (κ1) is 13.5. The maximum atomic E-state index is 11.4. The maximum absolute atomic E-state index is 11.4. The summed E-state index contributed by atoms with van der Waals surface area (Å²) >= 11 is 3.24. The van der Waals surface area contributed by atoms with Crippen molar-refractivity contribution in [3.63, 3.8) is 0 Å². The van der Waals surface area contributed by atoms with Crippen LogP contribution in [-0.2, 0) is 4.79 Å². The Hall–Kier alpha value is -1.53. The number of thiazole rings is 1. The van der Waals surface area contributed by atoms with Gasteiger partial charge in [0.25, 0.3) is 0 Å². The van der Waals surface area contributed by atoms with Crippen LogP contribution >= 0.6 is 23.1 Å². The van der Waals surface area contributed by atoms with Crippen molar-refractivity contribution < 1.29 is 4.79 Å². The third-order valence-corrected chi connectivity index (χ3v) is 5.36. The molecule has 1 amide bonds. The molecule has 1 aliphatic heterocycles. The summed E-state index contributed by atoms with van der Waals surface area (Å²) in [5.41, 5.74) is 4.83. The molecule has 3 rings (SSSR count). The third-order valence-electron chi connectivity index (χ3n) is 3.17. The average molecular weight is 305 g/mol. The van der Waals surface area contributed by atoms with Crippen LogP contribution in [0.4, 0.5) is 11.4 Å². The maximum Gasteiger partial charge on any atom is 0.234 e. The highest BCUT2D eigenvalue weighted by Crippen LogP contribution is 2.34. The van der Waals surface area contributed by atoms with Gasteiger partial charge in [-0.05, 0) is 32.0 Å². The van der Waals surface area contributed by atoms with Crippen molar-refractivity contribution in [3.8, 4) is 0 Å². The molecule has 2 N–H and O–H groups in total. The van der Waals surface area contributed by atoms with E-state index in [0.29, 0.717) is 5.75 Å². The van der Waals surface area contributed by atoms with Crippen LogP contribution in [-0.4, -0.2) is 16.6 Å². The first-order valence-corrected chi connectivity index (χ1v) is 8.23. The molecule has 0 saturated heterocycles. The molecule has 1 aromatic carbocycles. The van der Waals surface area contributed by atoms with Gasteiger partial charge in [0.2, 0.25) is 5.91 Å². The van der Waals surface area contributed by atoms with Crippen molar-refractivity contribution in [2.75, 3.05) is 16.4 Å². The fourth-order valence-electron chi connectivity index (χ4n) is 2.21. The van der Waals surface area contributed by atoms with Crippen LogP contribution in [0, 0.1) is 6.92 Å². The Bertz CT molecular complexity index is 654. The summed E-state index contributed by atoms with van der Waals surface area (Å²) in [6, 6.07) is 6.30. The van der Waals surface area contributed by atoms with Crippen LogP contribution in [0.5, 0.6) is 0 Å². The Morgan fingerprint density at radius 2 is 2.30 bits per heavy atom. The van der Waals surface area contributed by atoms with Gasteiger partial charge in [-0.3, -0.25) is 4.79 Å². The number of benzene rings is 1. The molecule has 4 nitrogen and oxygen atoms in total. The first-order chi connectivity index (χ1) is 9.63. The van der Waals surface area contributed by atoms with Crippen LogP contribution in [0.3, 0.4) is 0 Å². The predicted octanol–water partition coefficient (Wildman–Crippen LogP) is 3.67. The molecule has 1 unspecified atom stereocenters. The molecule has 1 aliphatic rings. The normalized spacial score (nSPS) is 15.4. The van der Waals surface area contributed by atoms with E-state index in [0.717, 1.165) is 22.0 Å². The highest BCUT2D eigenvalue weighted by Gasteiger charge is 2.16. The monoisotopic (exact) mass is 305 g/mol. The number of carbonyl (C=O) groups excluding carboxylic acids is 1. The minimum Gasteiger partial charge on any atom is -0.378 e. The number of aryl methyl sites for hydroxylation is 1. The summed E-state index contributed by atoms with van der Waals surface area (Å²) < 4.78 is 0. The lowest BCUT2D eigenvalue weighted by atomic mass is 10.2. The van der Waals surface area contributed by atoms with E-state index in [9.17, 15) is 4.79 Å². The fraction of sp³-hybridized carbons (Fsp3) is 0.286. The summed E-state index contributed by atoms with van der Waals surface area (Å²) in [5.74, 6) is 0.557. The number of thioether (sulfide) groups is 1. The zero-order chi connectivity index (χ0) is 14.1. The molecule has 2 aromatic rings. The second kappa shape index (κ2) is 5.46. The van der Waals surface area contributed by atoms with E-state index in [2.05, 4.69) is 28.6 Å². The smallest absolute Gasteiger partial charge is 0.234 e. The Morgan fingerprint density at radius 3 is 3.05 bits per heavy atom. The van der Waals surface area contributed by atoms with E-state index in [1.807, 2.05) is 24.6 Å².